The molecule has 0 bridgehead atoms. The highest BCUT2D eigenvalue weighted by molar-refractivity contribution is 5.74. The van der Waals surface area contributed by atoms with Gasteiger partial charge in [-0.15, -0.1) is 0 Å². The van der Waals surface area contributed by atoms with Gasteiger partial charge >= 0.3 is 6.03 Å². The van der Waals surface area contributed by atoms with Crippen LogP contribution in [-0.2, 0) is 0 Å². The molecule has 2 unspecified atom stereocenters. The van der Waals surface area contributed by atoms with E-state index >= 15 is 0 Å². The van der Waals surface area contributed by atoms with Gasteiger partial charge in [-0.3, -0.25) is 0 Å². The highest BCUT2D eigenvalue weighted by Gasteiger charge is 2.21. The molecule has 0 aliphatic carbocycles. The van der Waals surface area contributed by atoms with Gasteiger partial charge in [0.15, 0.2) is 0 Å². The topological polar surface area (TPSA) is 32.3 Å². The van der Waals surface area contributed by atoms with Crippen molar-refractivity contribution in [2.75, 3.05) is 13.1 Å². The number of rotatable bonds is 4. The van der Waals surface area contributed by atoms with Gasteiger partial charge in [0.1, 0.15) is 0 Å². The number of unbranched alkanes of at least 4 members (excludes halogenated alkanes) is 1. The molecule has 3 heteroatoms. The SMILES string of the molecule is CCCCC(C)NC(=O)N1CCCC(C)C1. The Balaban J connectivity index is 2.27. The van der Waals surface area contributed by atoms with E-state index in [-0.39, 0.29) is 6.03 Å². The van der Waals surface area contributed by atoms with Crippen LogP contribution in [0.5, 0.6) is 0 Å². The Morgan fingerprint density at radius 2 is 2.31 bits per heavy atom. The number of carbonyl (C=O) groups excluding carboxylic acids is 1. The minimum atomic E-state index is 0.134. The first-order valence-electron chi connectivity index (χ1n) is 6.69. The number of likely N-dealkylation sites (tertiary alicyclic amines) is 1. The first-order chi connectivity index (χ1) is 7.63. The van der Waals surface area contributed by atoms with Crippen LogP contribution in [0.1, 0.15) is 52.9 Å². The summed E-state index contributed by atoms with van der Waals surface area (Å²) < 4.78 is 0. The molecule has 1 aliphatic heterocycles. The maximum Gasteiger partial charge on any atom is 0.317 e. The molecule has 0 radical (unpaired) electrons. The molecule has 0 spiro atoms. The molecule has 1 heterocycles. The van der Waals surface area contributed by atoms with Crippen molar-refractivity contribution < 1.29 is 4.79 Å². The van der Waals surface area contributed by atoms with Gasteiger partial charge in [-0.25, -0.2) is 4.79 Å². The summed E-state index contributed by atoms with van der Waals surface area (Å²) in [5.74, 6) is 0.658. The van der Waals surface area contributed by atoms with Gasteiger partial charge in [-0.2, -0.15) is 0 Å². The number of piperidine rings is 1. The van der Waals surface area contributed by atoms with E-state index in [1.54, 1.807) is 0 Å². The van der Waals surface area contributed by atoms with Crippen molar-refractivity contribution in [3.05, 3.63) is 0 Å². The van der Waals surface area contributed by atoms with Gasteiger partial charge in [-0.1, -0.05) is 26.7 Å². The Hall–Kier alpha value is -0.730. The Morgan fingerprint density at radius 3 is 2.94 bits per heavy atom. The highest BCUT2D eigenvalue weighted by Crippen LogP contribution is 2.15. The monoisotopic (exact) mass is 226 g/mol. The third kappa shape index (κ3) is 4.42. The molecule has 2 atom stereocenters. The largest absolute Gasteiger partial charge is 0.336 e. The van der Waals surface area contributed by atoms with Gasteiger partial charge < -0.3 is 10.2 Å². The van der Waals surface area contributed by atoms with Crippen LogP contribution in [0.25, 0.3) is 0 Å². The number of nitrogens with one attached hydrogen (secondary N) is 1. The van der Waals surface area contributed by atoms with Crippen molar-refractivity contribution in [1.29, 1.82) is 0 Å². The van der Waals surface area contributed by atoms with Gasteiger partial charge in [0.2, 0.25) is 0 Å². The number of carbonyl (C=O) groups is 1. The second-order valence-electron chi connectivity index (χ2n) is 5.19. The van der Waals surface area contributed by atoms with Crippen molar-refractivity contribution in [3.63, 3.8) is 0 Å². The average Bonchev–Trinajstić information content (AvgIpc) is 2.26. The molecule has 0 aromatic carbocycles. The summed E-state index contributed by atoms with van der Waals surface area (Å²) in [5, 5.41) is 3.09. The van der Waals surface area contributed by atoms with E-state index in [9.17, 15) is 4.79 Å². The van der Waals surface area contributed by atoms with Gasteiger partial charge in [-0.05, 0) is 32.1 Å². The predicted octanol–water partition coefficient (Wildman–Crippen LogP) is 3.01. The van der Waals surface area contributed by atoms with Gasteiger partial charge in [0.05, 0.1) is 0 Å². The Morgan fingerprint density at radius 1 is 1.56 bits per heavy atom. The molecule has 2 amide bonds. The average molecular weight is 226 g/mol. The lowest BCUT2D eigenvalue weighted by molar-refractivity contribution is 0.166. The molecule has 1 saturated heterocycles. The summed E-state index contributed by atoms with van der Waals surface area (Å²) >= 11 is 0. The molecular formula is C13H26N2O. The van der Waals surface area contributed by atoms with E-state index in [0.717, 1.165) is 25.9 Å². The lowest BCUT2D eigenvalue weighted by atomic mass is 10.0. The fourth-order valence-corrected chi connectivity index (χ4v) is 2.26. The van der Waals surface area contributed by atoms with Crippen molar-refractivity contribution in [1.82, 2.24) is 10.2 Å². The summed E-state index contributed by atoms with van der Waals surface area (Å²) in [6.45, 7) is 8.35. The van der Waals surface area contributed by atoms with Crippen LogP contribution < -0.4 is 5.32 Å². The minimum absolute atomic E-state index is 0.134. The van der Waals surface area contributed by atoms with E-state index in [1.807, 2.05) is 4.90 Å². The Labute approximate surface area is 99.6 Å². The van der Waals surface area contributed by atoms with Gasteiger partial charge in [0.25, 0.3) is 0 Å². The Bertz CT molecular complexity index is 218. The molecule has 1 N–H and O–H groups in total. The normalized spacial score (nSPS) is 22.9. The highest BCUT2D eigenvalue weighted by atomic mass is 16.2. The number of urea groups is 1. The first-order valence-corrected chi connectivity index (χ1v) is 6.69. The summed E-state index contributed by atoms with van der Waals surface area (Å²) in [4.78, 5) is 13.9. The lowest BCUT2D eigenvalue weighted by Gasteiger charge is -2.32. The summed E-state index contributed by atoms with van der Waals surface area (Å²) in [6, 6.07) is 0.444. The van der Waals surface area contributed by atoms with Crippen LogP contribution in [0.4, 0.5) is 4.79 Å². The van der Waals surface area contributed by atoms with E-state index in [2.05, 4.69) is 26.1 Å². The lowest BCUT2D eigenvalue weighted by Crippen LogP contribution is -2.47. The van der Waals surface area contributed by atoms with Crippen LogP contribution in [0.15, 0.2) is 0 Å². The third-order valence-corrected chi connectivity index (χ3v) is 3.30. The molecule has 94 valence electrons. The number of amides is 2. The molecule has 0 aromatic rings. The molecule has 1 rings (SSSR count). The van der Waals surface area contributed by atoms with E-state index < -0.39 is 0 Å². The predicted molar refractivity (Wildman–Crippen MR) is 67.5 cm³/mol. The van der Waals surface area contributed by atoms with Crippen molar-refractivity contribution in [3.8, 4) is 0 Å². The number of hydrogen-bond acceptors (Lipinski definition) is 1. The molecule has 1 aliphatic rings. The van der Waals surface area contributed by atoms with Gasteiger partial charge in [0, 0.05) is 19.1 Å². The Kier molecular flexibility index (Phi) is 5.64. The summed E-state index contributed by atoms with van der Waals surface area (Å²) in [7, 11) is 0. The zero-order chi connectivity index (χ0) is 12.0. The van der Waals surface area contributed by atoms with Crippen molar-refractivity contribution in [2.45, 2.75) is 58.9 Å². The van der Waals surface area contributed by atoms with Crippen LogP contribution in [-0.4, -0.2) is 30.1 Å². The quantitative estimate of drug-likeness (QED) is 0.785. The smallest absolute Gasteiger partial charge is 0.317 e. The number of hydrogen-bond donors (Lipinski definition) is 1. The number of nitrogens with zero attached hydrogens (tertiary/aromatic N) is 1. The second kappa shape index (κ2) is 6.77. The van der Waals surface area contributed by atoms with Crippen LogP contribution in [0.3, 0.4) is 0 Å². The van der Waals surface area contributed by atoms with E-state index in [4.69, 9.17) is 0 Å². The molecule has 0 aromatic heterocycles. The summed E-state index contributed by atoms with van der Waals surface area (Å²) in [5.41, 5.74) is 0. The summed E-state index contributed by atoms with van der Waals surface area (Å²) in [6.07, 6.45) is 5.89. The molecule has 3 nitrogen and oxygen atoms in total. The molecule has 1 fully saturated rings. The maximum atomic E-state index is 11.9. The van der Waals surface area contributed by atoms with Crippen molar-refractivity contribution >= 4 is 6.03 Å². The minimum Gasteiger partial charge on any atom is -0.336 e. The zero-order valence-electron chi connectivity index (χ0n) is 11.0. The van der Waals surface area contributed by atoms with Crippen LogP contribution in [0.2, 0.25) is 0 Å². The molecule has 16 heavy (non-hydrogen) atoms. The standard InChI is InChI=1S/C13H26N2O/c1-4-5-8-12(3)14-13(16)15-9-6-7-11(2)10-15/h11-12H,4-10H2,1-3H3,(H,14,16). The molecule has 0 saturated carbocycles. The maximum absolute atomic E-state index is 11.9. The fraction of sp³-hybridized carbons (Fsp3) is 0.923. The third-order valence-electron chi connectivity index (χ3n) is 3.30. The fourth-order valence-electron chi connectivity index (χ4n) is 2.26. The van der Waals surface area contributed by atoms with E-state index in [1.165, 1.54) is 19.3 Å². The van der Waals surface area contributed by atoms with E-state index in [0.29, 0.717) is 12.0 Å². The van der Waals surface area contributed by atoms with Crippen LogP contribution >= 0.6 is 0 Å². The first kappa shape index (κ1) is 13.3. The second-order valence-corrected chi connectivity index (χ2v) is 5.19. The van der Waals surface area contributed by atoms with Crippen LogP contribution in [0, 0.1) is 5.92 Å². The van der Waals surface area contributed by atoms with Crippen molar-refractivity contribution in [2.24, 2.45) is 5.92 Å². The zero-order valence-corrected chi connectivity index (χ0v) is 11.0. The molecular weight excluding hydrogens is 200 g/mol.